The molecule has 0 radical (unpaired) electrons. The van der Waals surface area contributed by atoms with Crippen LogP contribution in [0.4, 0.5) is 16.2 Å². The van der Waals surface area contributed by atoms with Crippen LogP contribution in [0.15, 0.2) is 67.3 Å². The number of pyridine rings is 1. The summed E-state index contributed by atoms with van der Waals surface area (Å²) in [6.07, 6.45) is 2.99. The van der Waals surface area contributed by atoms with E-state index >= 15 is 0 Å². The fourth-order valence-corrected chi connectivity index (χ4v) is 3.03. The highest BCUT2D eigenvalue weighted by atomic mass is 19.1. The molecule has 1 aromatic carbocycles. The van der Waals surface area contributed by atoms with Gasteiger partial charge in [0.25, 0.3) is 0 Å². The van der Waals surface area contributed by atoms with Crippen LogP contribution in [0.5, 0.6) is 0 Å². The summed E-state index contributed by atoms with van der Waals surface area (Å²) < 4.78 is 15.0. The number of hydrogen-bond donors (Lipinski definition) is 2. The monoisotopic (exact) mass is 350 g/mol. The van der Waals surface area contributed by atoms with Crippen molar-refractivity contribution < 1.29 is 9.18 Å². The SMILES string of the molecule is C=C1Nc2ncnn2C(c2ccc(F)cc2)C1C(=O)Nc1ccccn1. The number of nitrogens with zero attached hydrogens (tertiary/aromatic N) is 4. The first-order valence-electron chi connectivity index (χ1n) is 7.96. The van der Waals surface area contributed by atoms with E-state index in [-0.39, 0.29) is 11.7 Å². The highest BCUT2D eigenvalue weighted by Crippen LogP contribution is 2.37. The molecule has 2 N–H and O–H groups in total. The molecule has 2 aromatic heterocycles. The van der Waals surface area contributed by atoms with Gasteiger partial charge in [0.05, 0.1) is 6.04 Å². The number of anilines is 2. The van der Waals surface area contributed by atoms with Crippen LogP contribution < -0.4 is 10.6 Å². The van der Waals surface area contributed by atoms with E-state index in [9.17, 15) is 9.18 Å². The van der Waals surface area contributed by atoms with Crippen LogP contribution in [0.2, 0.25) is 0 Å². The number of halogens is 1. The molecule has 0 fully saturated rings. The van der Waals surface area contributed by atoms with Gasteiger partial charge in [-0.25, -0.2) is 14.1 Å². The number of benzene rings is 1. The van der Waals surface area contributed by atoms with E-state index < -0.39 is 12.0 Å². The average Bonchev–Trinajstić information content (AvgIpc) is 3.10. The number of carbonyl (C=O) groups excluding carboxylic acids is 1. The number of fused-ring (bicyclic) bond motifs is 1. The minimum atomic E-state index is -0.684. The van der Waals surface area contributed by atoms with Gasteiger partial charge in [0.1, 0.15) is 23.9 Å². The maximum atomic E-state index is 13.4. The van der Waals surface area contributed by atoms with Crippen LogP contribution in [0.1, 0.15) is 11.6 Å². The summed E-state index contributed by atoms with van der Waals surface area (Å²) in [5.41, 5.74) is 1.20. The van der Waals surface area contributed by atoms with Crippen molar-refractivity contribution in [1.82, 2.24) is 19.7 Å². The van der Waals surface area contributed by atoms with Gasteiger partial charge in [-0.2, -0.15) is 10.1 Å². The van der Waals surface area contributed by atoms with Crippen molar-refractivity contribution in [3.63, 3.8) is 0 Å². The molecule has 2 atom stereocenters. The van der Waals surface area contributed by atoms with Crippen LogP contribution in [0, 0.1) is 11.7 Å². The second kappa shape index (κ2) is 6.40. The van der Waals surface area contributed by atoms with Crippen LogP contribution in [-0.2, 0) is 4.79 Å². The van der Waals surface area contributed by atoms with Crippen molar-refractivity contribution in [3.05, 3.63) is 78.6 Å². The number of nitrogens with one attached hydrogen (secondary N) is 2. The van der Waals surface area contributed by atoms with Crippen molar-refractivity contribution in [1.29, 1.82) is 0 Å². The molecule has 1 aliphatic heterocycles. The Labute approximate surface area is 148 Å². The molecular formula is C18H15FN6O. The van der Waals surface area contributed by atoms with Crippen LogP contribution in [0.25, 0.3) is 0 Å². The molecule has 4 rings (SSSR count). The van der Waals surface area contributed by atoms with Gasteiger partial charge < -0.3 is 10.6 Å². The standard InChI is InChI=1S/C18H15FN6O/c1-11-15(17(26)24-14-4-2-3-9-20-14)16(12-5-7-13(19)8-6-12)25-18(23-11)21-10-22-25/h2-10,15-16H,1H2,(H,20,24,26)(H,21,22,23). The zero-order valence-corrected chi connectivity index (χ0v) is 13.6. The number of aromatic nitrogens is 4. The van der Waals surface area contributed by atoms with E-state index in [1.54, 1.807) is 41.2 Å². The van der Waals surface area contributed by atoms with Gasteiger partial charge in [-0.05, 0) is 29.8 Å². The number of rotatable bonds is 3. The van der Waals surface area contributed by atoms with Crippen LogP contribution in [-0.4, -0.2) is 25.7 Å². The second-order valence-electron chi connectivity index (χ2n) is 5.86. The summed E-state index contributed by atoms with van der Waals surface area (Å²) in [5, 5.41) is 10.0. The Morgan fingerprint density at radius 2 is 2.00 bits per heavy atom. The molecule has 3 aromatic rings. The van der Waals surface area contributed by atoms with Crippen molar-refractivity contribution >= 4 is 17.7 Å². The van der Waals surface area contributed by atoms with Gasteiger partial charge >= 0.3 is 0 Å². The Bertz CT molecular complexity index is 953. The maximum Gasteiger partial charge on any atom is 0.237 e. The van der Waals surface area contributed by atoms with Gasteiger partial charge in [-0.15, -0.1) is 0 Å². The highest BCUT2D eigenvalue weighted by Gasteiger charge is 2.39. The lowest BCUT2D eigenvalue weighted by atomic mass is 9.88. The average molecular weight is 350 g/mol. The molecule has 0 spiro atoms. The third kappa shape index (κ3) is 2.81. The molecule has 26 heavy (non-hydrogen) atoms. The summed E-state index contributed by atoms with van der Waals surface area (Å²) in [5.74, 6) is -0.415. The van der Waals surface area contributed by atoms with E-state index in [0.29, 0.717) is 17.5 Å². The Morgan fingerprint density at radius 3 is 2.73 bits per heavy atom. The first-order chi connectivity index (χ1) is 12.6. The van der Waals surface area contributed by atoms with Crippen LogP contribution >= 0.6 is 0 Å². The summed E-state index contributed by atoms with van der Waals surface area (Å²) in [6.45, 7) is 3.98. The molecule has 0 saturated carbocycles. The summed E-state index contributed by atoms with van der Waals surface area (Å²) in [4.78, 5) is 21.2. The normalized spacial score (nSPS) is 18.7. The molecular weight excluding hydrogens is 335 g/mol. The minimum Gasteiger partial charge on any atom is -0.328 e. The van der Waals surface area contributed by atoms with Crippen molar-refractivity contribution in [2.24, 2.45) is 5.92 Å². The molecule has 2 unspecified atom stereocenters. The zero-order chi connectivity index (χ0) is 18.1. The molecule has 7 nitrogen and oxygen atoms in total. The molecule has 1 aliphatic rings. The van der Waals surface area contributed by atoms with Gasteiger partial charge in [0.2, 0.25) is 11.9 Å². The predicted octanol–water partition coefficient (Wildman–Crippen LogP) is 2.60. The van der Waals surface area contributed by atoms with E-state index in [0.717, 1.165) is 5.56 Å². The van der Waals surface area contributed by atoms with Crippen molar-refractivity contribution in [2.45, 2.75) is 6.04 Å². The molecule has 130 valence electrons. The quantitative estimate of drug-likeness (QED) is 0.758. The van der Waals surface area contributed by atoms with E-state index in [4.69, 9.17) is 0 Å². The minimum absolute atomic E-state index is 0.295. The molecule has 3 heterocycles. The lowest BCUT2D eigenvalue weighted by Crippen LogP contribution is -2.39. The lowest BCUT2D eigenvalue weighted by Gasteiger charge is -2.33. The third-order valence-corrected chi connectivity index (χ3v) is 4.21. The van der Waals surface area contributed by atoms with Gasteiger partial charge in [0, 0.05) is 11.9 Å². The Morgan fingerprint density at radius 1 is 1.19 bits per heavy atom. The lowest BCUT2D eigenvalue weighted by molar-refractivity contribution is -0.119. The summed E-state index contributed by atoms with van der Waals surface area (Å²) in [6, 6.07) is 10.7. The zero-order valence-electron chi connectivity index (χ0n) is 13.6. The third-order valence-electron chi connectivity index (χ3n) is 4.21. The Hall–Kier alpha value is -3.55. The second-order valence-corrected chi connectivity index (χ2v) is 5.86. The smallest absolute Gasteiger partial charge is 0.237 e. The van der Waals surface area contributed by atoms with Gasteiger partial charge in [-0.3, -0.25) is 4.79 Å². The maximum absolute atomic E-state index is 13.4. The summed E-state index contributed by atoms with van der Waals surface area (Å²) in [7, 11) is 0. The number of amides is 1. The molecule has 0 aliphatic carbocycles. The fourth-order valence-electron chi connectivity index (χ4n) is 3.03. The highest BCUT2D eigenvalue weighted by molar-refractivity contribution is 5.95. The van der Waals surface area contributed by atoms with Gasteiger partial charge in [-0.1, -0.05) is 24.8 Å². The summed E-state index contributed by atoms with van der Waals surface area (Å²) >= 11 is 0. The topological polar surface area (TPSA) is 84.7 Å². The molecule has 8 heteroatoms. The van der Waals surface area contributed by atoms with E-state index in [1.807, 2.05) is 0 Å². The van der Waals surface area contributed by atoms with E-state index in [1.165, 1.54) is 18.5 Å². The first-order valence-corrected chi connectivity index (χ1v) is 7.96. The molecule has 0 bridgehead atoms. The van der Waals surface area contributed by atoms with Crippen molar-refractivity contribution in [3.8, 4) is 0 Å². The van der Waals surface area contributed by atoms with Crippen molar-refractivity contribution in [2.75, 3.05) is 10.6 Å². The van der Waals surface area contributed by atoms with Crippen LogP contribution in [0.3, 0.4) is 0 Å². The largest absolute Gasteiger partial charge is 0.328 e. The Kier molecular flexibility index (Phi) is 3.92. The fraction of sp³-hybridized carbons (Fsp3) is 0.111. The van der Waals surface area contributed by atoms with Gasteiger partial charge in [0.15, 0.2) is 0 Å². The number of carbonyl (C=O) groups is 1. The predicted molar refractivity (Wildman–Crippen MR) is 93.7 cm³/mol. The van der Waals surface area contributed by atoms with E-state index in [2.05, 4.69) is 32.3 Å². The number of hydrogen-bond acceptors (Lipinski definition) is 5. The molecule has 1 amide bonds. The Balaban J connectivity index is 1.74. The first kappa shape index (κ1) is 15.9. The molecule has 0 saturated heterocycles.